The molecule has 0 aromatic heterocycles. The molecular weight excluding hydrogens is 258 g/mol. The van der Waals surface area contributed by atoms with Gasteiger partial charge in [0.15, 0.2) is 0 Å². The number of benzene rings is 1. The van der Waals surface area contributed by atoms with Crippen molar-refractivity contribution in [2.45, 2.75) is 26.8 Å². The fourth-order valence-electron chi connectivity index (χ4n) is 1.59. The maximum atomic E-state index is 11.8. The van der Waals surface area contributed by atoms with E-state index in [0.29, 0.717) is 24.6 Å². The lowest BCUT2D eigenvalue weighted by atomic mass is 10.2. The van der Waals surface area contributed by atoms with E-state index in [0.717, 1.165) is 0 Å². The first-order valence-electron chi connectivity index (χ1n) is 6.65. The summed E-state index contributed by atoms with van der Waals surface area (Å²) in [5.41, 5.74) is 0.716. The molecule has 1 aromatic rings. The summed E-state index contributed by atoms with van der Waals surface area (Å²) in [6.07, 6.45) is 0. The van der Waals surface area contributed by atoms with Crippen LogP contribution in [0.3, 0.4) is 0 Å². The minimum Gasteiger partial charge on any atom is -0.492 e. The summed E-state index contributed by atoms with van der Waals surface area (Å²) >= 11 is 0. The lowest BCUT2D eigenvalue weighted by Crippen LogP contribution is -2.45. The SMILES string of the molecule is CCNC(=O)NC(=O)C(C)Nc1ccccc1OCC. The third kappa shape index (κ3) is 4.79. The van der Waals surface area contributed by atoms with E-state index in [9.17, 15) is 9.59 Å². The van der Waals surface area contributed by atoms with E-state index in [1.165, 1.54) is 0 Å². The zero-order valence-electron chi connectivity index (χ0n) is 12.0. The predicted octanol–water partition coefficient (Wildman–Crippen LogP) is 1.73. The van der Waals surface area contributed by atoms with Crippen LogP contribution in [0.4, 0.5) is 10.5 Å². The van der Waals surface area contributed by atoms with Gasteiger partial charge in [-0.3, -0.25) is 10.1 Å². The number of ether oxygens (including phenoxy) is 1. The van der Waals surface area contributed by atoms with Crippen molar-refractivity contribution in [2.24, 2.45) is 0 Å². The van der Waals surface area contributed by atoms with Gasteiger partial charge in [-0.05, 0) is 32.9 Å². The van der Waals surface area contributed by atoms with E-state index < -0.39 is 18.0 Å². The number of anilines is 1. The van der Waals surface area contributed by atoms with Crippen molar-refractivity contribution in [1.29, 1.82) is 0 Å². The van der Waals surface area contributed by atoms with Crippen LogP contribution in [0.15, 0.2) is 24.3 Å². The van der Waals surface area contributed by atoms with E-state index >= 15 is 0 Å². The highest BCUT2D eigenvalue weighted by molar-refractivity contribution is 5.98. The number of carbonyl (C=O) groups excluding carboxylic acids is 2. The Bertz CT molecular complexity index is 463. The maximum absolute atomic E-state index is 11.8. The van der Waals surface area contributed by atoms with E-state index in [4.69, 9.17) is 4.74 Å². The Morgan fingerprint density at radius 1 is 1.25 bits per heavy atom. The second-order valence-corrected chi connectivity index (χ2v) is 4.14. The molecule has 0 fully saturated rings. The van der Waals surface area contributed by atoms with Crippen molar-refractivity contribution in [3.8, 4) is 5.75 Å². The molecule has 0 aliphatic heterocycles. The van der Waals surface area contributed by atoms with Gasteiger partial charge >= 0.3 is 6.03 Å². The van der Waals surface area contributed by atoms with E-state index in [1.54, 1.807) is 13.8 Å². The van der Waals surface area contributed by atoms with E-state index in [-0.39, 0.29) is 0 Å². The Morgan fingerprint density at radius 2 is 1.95 bits per heavy atom. The molecule has 1 rings (SSSR count). The second kappa shape index (κ2) is 8.04. The van der Waals surface area contributed by atoms with Gasteiger partial charge in [0, 0.05) is 6.54 Å². The quantitative estimate of drug-likeness (QED) is 0.741. The average Bonchev–Trinajstić information content (AvgIpc) is 2.41. The fourth-order valence-corrected chi connectivity index (χ4v) is 1.59. The smallest absolute Gasteiger partial charge is 0.321 e. The van der Waals surface area contributed by atoms with Crippen molar-refractivity contribution in [3.05, 3.63) is 24.3 Å². The standard InChI is InChI=1S/C14H21N3O3/c1-4-15-14(19)17-13(18)10(3)16-11-8-6-7-9-12(11)20-5-2/h6-10,16H,4-5H2,1-3H3,(H2,15,17,18,19). The van der Waals surface area contributed by atoms with Crippen LogP contribution in [0.1, 0.15) is 20.8 Å². The van der Waals surface area contributed by atoms with Crippen molar-refractivity contribution < 1.29 is 14.3 Å². The van der Waals surface area contributed by atoms with Crippen LogP contribution < -0.4 is 20.7 Å². The van der Waals surface area contributed by atoms with Crippen LogP contribution in [0.2, 0.25) is 0 Å². The highest BCUT2D eigenvalue weighted by Gasteiger charge is 2.16. The number of urea groups is 1. The van der Waals surface area contributed by atoms with Gasteiger partial charge < -0.3 is 15.4 Å². The van der Waals surface area contributed by atoms with Crippen LogP contribution in [-0.2, 0) is 4.79 Å². The molecule has 1 aromatic carbocycles. The van der Waals surface area contributed by atoms with Crippen molar-refractivity contribution in [1.82, 2.24) is 10.6 Å². The number of hydrogen-bond acceptors (Lipinski definition) is 4. The van der Waals surface area contributed by atoms with Crippen LogP contribution >= 0.6 is 0 Å². The molecular formula is C14H21N3O3. The molecule has 110 valence electrons. The first kappa shape index (κ1) is 15.8. The van der Waals surface area contributed by atoms with Crippen LogP contribution in [0, 0.1) is 0 Å². The molecule has 0 aliphatic rings. The predicted molar refractivity (Wildman–Crippen MR) is 77.9 cm³/mol. The normalized spacial score (nSPS) is 11.3. The minimum absolute atomic E-state index is 0.401. The van der Waals surface area contributed by atoms with Gasteiger partial charge in [0.1, 0.15) is 11.8 Å². The summed E-state index contributed by atoms with van der Waals surface area (Å²) in [6.45, 7) is 6.36. The van der Waals surface area contributed by atoms with Crippen molar-refractivity contribution >= 4 is 17.6 Å². The molecule has 20 heavy (non-hydrogen) atoms. The number of imide groups is 1. The summed E-state index contributed by atoms with van der Waals surface area (Å²) in [6, 6.07) is 6.29. The number of carbonyl (C=O) groups is 2. The molecule has 1 unspecified atom stereocenters. The molecule has 1 atom stereocenters. The third-order valence-corrected chi connectivity index (χ3v) is 2.53. The third-order valence-electron chi connectivity index (χ3n) is 2.53. The van der Waals surface area contributed by atoms with Crippen LogP contribution in [0.5, 0.6) is 5.75 Å². The summed E-state index contributed by atoms with van der Waals surface area (Å²) in [7, 11) is 0. The first-order valence-corrected chi connectivity index (χ1v) is 6.65. The average molecular weight is 279 g/mol. The monoisotopic (exact) mass is 279 g/mol. The molecule has 6 nitrogen and oxygen atoms in total. The second-order valence-electron chi connectivity index (χ2n) is 4.14. The fraction of sp³-hybridized carbons (Fsp3) is 0.429. The number of para-hydroxylation sites is 2. The first-order chi connectivity index (χ1) is 9.58. The van der Waals surface area contributed by atoms with Crippen molar-refractivity contribution in [3.63, 3.8) is 0 Å². The van der Waals surface area contributed by atoms with Gasteiger partial charge in [-0.1, -0.05) is 12.1 Å². The Kier molecular flexibility index (Phi) is 6.36. The minimum atomic E-state index is -0.556. The zero-order valence-corrected chi connectivity index (χ0v) is 12.0. The molecule has 3 amide bonds. The molecule has 0 saturated carbocycles. The Morgan fingerprint density at radius 3 is 2.60 bits per heavy atom. The topological polar surface area (TPSA) is 79.5 Å². The number of nitrogens with one attached hydrogen (secondary N) is 3. The molecule has 0 spiro atoms. The highest BCUT2D eigenvalue weighted by atomic mass is 16.5. The molecule has 6 heteroatoms. The molecule has 3 N–H and O–H groups in total. The molecule has 0 aliphatic carbocycles. The summed E-state index contributed by atoms with van der Waals surface area (Å²) in [5.74, 6) is 0.273. The Labute approximate surface area is 118 Å². The van der Waals surface area contributed by atoms with Crippen LogP contribution in [0.25, 0.3) is 0 Å². The van der Waals surface area contributed by atoms with Gasteiger partial charge in [0.25, 0.3) is 0 Å². The molecule has 0 bridgehead atoms. The lowest BCUT2D eigenvalue weighted by molar-refractivity contribution is -0.120. The number of rotatable bonds is 6. The lowest BCUT2D eigenvalue weighted by Gasteiger charge is -2.17. The highest BCUT2D eigenvalue weighted by Crippen LogP contribution is 2.24. The molecule has 0 radical (unpaired) electrons. The maximum Gasteiger partial charge on any atom is 0.321 e. The van der Waals surface area contributed by atoms with E-state index in [1.807, 2.05) is 31.2 Å². The number of amides is 3. The summed E-state index contributed by atoms with van der Waals surface area (Å²) < 4.78 is 5.46. The van der Waals surface area contributed by atoms with Crippen LogP contribution in [-0.4, -0.2) is 31.1 Å². The molecule has 0 heterocycles. The van der Waals surface area contributed by atoms with Gasteiger partial charge in [0.2, 0.25) is 5.91 Å². The Hall–Kier alpha value is -2.24. The summed E-state index contributed by atoms with van der Waals surface area (Å²) in [5, 5.41) is 7.79. The van der Waals surface area contributed by atoms with Gasteiger partial charge in [-0.25, -0.2) is 4.79 Å². The molecule has 0 saturated heterocycles. The zero-order chi connectivity index (χ0) is 15.0. The van der Waals surface area contributed by atoms with E-state index in [2.05, 4.69) is 16.0 Å². The summed E-state index contributed by atoms with van der Waals surface area (Å²) in [4.78, 5) is 23.1. The Balaban J connectivity index is 2.63. The van der Waals surface area contributed by atoms with Gasteiger partial charge in [-0.15, -0.1) is 0 Å². The number of hydrogen-bond donors (Lipinski definition) is 3. The largest absolute Gasteiger partial charge is 0.492 e. The van der Waals surface area contributed by atoms with Gasteiger partial charge in [-0.2, -0.15) is 0 Å². The van der Waals surface area contributed by atoms with Crippen molar-refractivity contribution in [2.75, 3.05) is 18.5 Å². The van der Waals surface area contributed by atoms with Gasteiger partial charge in [0.05, 0.1) is 12.3 Å².